The topological polar surface area (TPSA) is 47.6 Å². The number of hydrogen-bond acceptors (Lipinski definition) is 3. The van der Waals surface area contributed by atoms with Gasteiger partial charge in [0.2, 0.25) is 5.91 Å². The van der Waals surface area contributed by atoms with Crippen molar-refractivity contribution >= 4 is 12.0 Å². The summed E-state index contributed by atoms with van der Waals surface area (Å²) >= 11 is 0. The highest BCUT2D eigenvalue weighted by Crippen LogP contribution is 2.17. The Hall–Kier alpha value is -2.75. The van der Waals surface area contributed by atoms with Crippen LogP contribution >= 0.6 is 0 Å². The average Bonchev–Trinajstić information content (AvgIpc) is 2.58. The number of ether oxygens (including phenoxy) is 2. The third-order valence-electron chi connectivity index (χ3n) is 3.17. The van der Waals surface area contributed by atoms with E-state index in [4.69, 9.17) is 9.47 Å². The van der Waals surface area contributed by atoms with E-state index < -0.39 is 0 Å². The van der Waals surface area contributed by atoms with E-state index >= 15 is 0 Å². The second-order valence-electron chi connectivity index (χ2n) is 4.64. The molecule has 0 aliphatic heterocycles. The maximum absolute atomic E-state index is 11.9. The number of benzene rings is 2. The first kappa shape index (κ1) is 15.6. The Bertz CT molecular complexity index is 665. The molecule has 0 heterocycles. The van der Waals surface area contributed by atoms with E-state index in [1.54, 1.807) is 20.3 Å². The van der Waals surface area contributed by atoms with Gasteiger partial charge in [0.15, 0.2) is 0 Å². The van der Waals surface area contributed by atoms with Gasteiger partial charge in [-0.15, -0.1) is 0 Å². The molecule has 0 spiro atoms. The van der Waals surface area contributed by atoms with Crippen LogP contribution in [0.15, 0.2) is 54.6 Å². The lowest BCUT2D eigenvalue weighted by Gasteiger charge is -2.08. The number of para-hydroxylation sites is 1. The lowest BCUT2D eigenvalue weighted by molar-refractivity contribution is -0.116. The molecule has 0 aliphatic carbocycles. The van der Waals surface area contributed by atoms with Gasteiger partial charge in [-0.1, -0.05) is 30.3 Å². The Morgan fingerprint density at radius 3 is 2.68 bits per heavy atom. The zero-order valence-corrected chi connectivity index (χ0v) is 12.7. The highest BCUT2D eigenvalue weighted by Gasteiger charge is 2.02. The molecule has 0 saturated carbocycles. The highest BCUT2D eigenvalue weighted by molar-refractivity contribution is 5.91. The minimum Gasteiger partial charge on any atom is -0.497 e. The second-order valence-corrected chi connectivity index (χ2v) is 4.64. The second kappa shape index (κ2) is 7.88. The summed E-state index contributed by atoms with van der Waals surface area (Å²) in [5.41, 5.74) is 1.85. The van der Waals surface area contributed by atoms with Gasteiger partial charge in [-0.05, 0) is 29.8 Å². The summed E-state index contributed by atoms with van der Waals surface area (Å²) in [5.74, 6) is 1.37. The number of rotatable bonds is 6. The molecule has 0 radical (unpaired) electrons. The summed E-state index contributed by atoms with van der Waals surface area (Å²) in [4.78, 5) is 11.9. The Morgan fingerprint density at radius 1 is 1.09 bits per heavy atom. The predicted octanol–water partition coefficient (Wildman–Crippen LogP) is 3.03. The molecule has 2 rings (SSSR count). The molecular formula is C18H19NO3. The molecular weight excluding hydrogens is 278 g/mol. The largest absolute Gasteiger partial charge is 0.497 e. The fourth-order valence-electron chi connectivity index (χ4n) is 2.01. The van der Waals surface area contributed by atoms with Crippen LogP contribution in [-0.4, -0.2) is 20.1 Å². The van der Waals surface area contributed by atoms with Gasteiger partial charge in [0, 0.05) is 18.2 Å². The van der Waals surface area contributed by atoms with Crippen molar-refractivity contribution in [3.63, 3.8) is 0 Å². The normalized spacial score (nSPS) is 10.5. The molecule has 2 aromatic carbocycles. The summed E-state index contributed by atoms with van der Waals surface area (Å²) in [6.45, 7) is 0.422. The summed E-state index contributed by atoms with van der Waals surface area (Å²) in [6.07, 6.45) is 3.25. The van der Waals surface area contributed by atoms with Crippen LogP contribution in [0.2, 0.25) is 0 Å². The van der Waals surface area contributed by atoms with Crippen molar-refractivity contribution in [2.75, 3.05) is 14.2 Å². The third kappa shape index (κ3) is 4.38. The van der Waals surface area contributed by atoms with Crippen LogP contribution in [-0.2, 0) is 11.3 Å². The van der Waals surface area contributed by atoms with Gasteiger partial charge in [-0.3, -0.25) is 4.79 Å². The molecule has 1 amide bonds. The van der Waals surface area contributed by atoms with Crippen molar-refractivity contribution < 1.29 is 14.3 Å². The lowest BCUT2D eigenvalue weighted by Crippen LogP contribution is -2.20. The maximum atomic E-state index is 11.9. The predicted molar refractivity (Wildman–Crippen MR) is 86.9 cm³/mol. The first-order valence-corrected chi connectivity index (χ1v) is 6.95. The molecule has 4 nitrogen and oxygen atoms in total. The van der Waals surface area contributed by atoms with Crippen LogP contribution in [0, 0.1) is 0 Å². The van der Waals surface area contributed by atoms with Gasteiger partial charge in [-0.2, -0.15) is 0 Å². The first-order valence-electron chi connectivity index (χ1n) is 6.95. The smallest absolute Gasteiger partial charge is 0.244 e. The van der Waals surface area contributed by atoms with Crippen LogP contribution in [0.5, 0.6) is 11.5 Å². The van der Waals surface area contributed by atoms with Gasteiger partial charge >= 0.3 is 0 Å². The molecule has 22 heavy (non-hydrogen) atoms. The first-order chi connectivity index (χ1) is 10.7. The van der Waals surface area contributed by atoms with E-state index in [9.17, 15) is 4.79 Å². The zero-order valence-electron chi connectivity index (χ0n) is 12.7. The standard InChI is InChI=1S/C18H19NO3/c1-21-16-8-5-6-14(12-16)10-11-18(20)19-13-15-7-3-4-9-17(15)22-2/h3-12H,13H2,1-2H3,(H,19,20)/b11-10+. The quantitative estimate of drug-likeness (QED) is 0.834. The maximum Gasteiger partial charge on any atom is 0.244 e. The van der Waals surface area contributed by atoms with Crippen molar-refractivity contribution in [3.05, 3.63) is 65.7 Å². The molecule has 0 fully saturated rings. The van der Waals surface area contributed by atoms with E-state index in [1.165, 1.54) is 6.08 Å². The van der Waals surface area contributed by atoms with Crippen LogP contribution < -0.4 is 14.8 Å². The number of methoxy groups -OCH3 is 2. The molecule has 0 atom stereocenters. The van der Waals surface area contributed by atoms with Gasteiger partial charge in [0.1, 0.15) is 11.5 Å². The Kier molecular flexibility index (Phi) is 5.60. The number of carbonyl (C=O) groups is 1. The van der Waals surface area contributed by atoms with Crippen molar-refractivity contribution in [1.82, 2.24) is 5.32 Å². The number of hydrogen-bond donors (Lipinski definition) is 1. The molecule has 114 valence electrons. The molecule has 0 aromatic heterocycles. The van der Waals surface area contributed by atoms with Gasteiger partial charge < -0.3 is 14.8 Å². The van der Waals surface area contributed by atoms with E-state index in [2.05, 4.69) is 5.32 Å². The van der Waals surface area contributed by atoms with Crippen molar-refractivity contribution in [2.45, 2.75) is 6.54 Å². The van der Waals surface area contributed by atoms with Crippen molar-refractivity contribution in [2.24, 2.45) is 0 Å². The number of amides is 1. The fourth-order valence-corrected chi connectivity index (χ4v) is 2.01. The summed E-state index contributed by atoms with van der Waals surface area (Å²) in [5, 5.41) is 2.84. The minimum atomic E-state index is -0.159. The van der Waals surface area contributed by atoms with Crippen molar-refractivity contribution in [3.8, 4) is 11.5 Å². The molecule has 0 saturated heterocycles. The van der Waals surface area contributed by atoms with Crippen molar-refractivity contribution in [1.29, 1.82) is 0 Å². The van der Waals surface area contributed by atoms with Crippen LogP contribution in [0.1, 0.15) is 11.1 Å². The molecule has 0 aliphatic rings. The Balaban J connectivity index is 1.93. The van der Waals surface area contributed by atoms with Gasteiger partial charge in [-0.25, -0.2) is 0 Å². The van der Waals surface area contributed by atoms with Crippen LogP contribution in [0.3, 0.4) is 0 Å². The zero-order chi connectivity index (χ0) is 15.8. The minimum absolute atomic E-state index is 0.159. The molecule has 0 bridgehead atoms. The molecule has 0 unspecified atom stereocenters. The van der Waals surface area contributed by atoms with E-state index in [1.807, 2.05) is 48.5 Å². The van der Waals surface area contributed by atoms with Crippen LogP contribution in [0.25, 0.3) is 6.08 Å². The molecule has 1 N–H and O–H groups in total. The third-order valence-corrected chi connectivity index (χ3v) is 3.17. The van der Waals surface area contributed by atoms with Crippen LogP contribution in [0.4, 0.5) is 0 Å². The van der Waals surface area contributed by atoms with Gasteiger partial charge in [0.05, 0.1) is 14.2 Å². The fraction of sp³-hybridized carbons (Fsp3) is 0.167. The average molecular weight is 297 g/mol. The summed E-state index contributed by atoms with van der Waals surface area (Å²) < 4.78 is 10.4. The summed E-state index contributed by atoms with van der Waals surface area (Å²) in [7, 11) is 3.23. The SMILES string of the molecule is COc1cccc(/C=C/C(=O)NCc2ccccc2OC)c1. The number of carbonyl (C=O) groups excluding carboxylic acids is 1. The lowest BCUT2D eigenvalue weighted by atomic mass is 10.2. The van der Waals surface area contributed by atoms with E-state index in [0.717, 1.165) is 22.6 Å². The summed E-state index contributed by atoms with van der Waals surface area (Å²) in [6, 6.07) is 15.1. The van der Waals surface area contributed by atoms with E-state index in [-0.39, 0.29) is 5.91 Å². The Labute approximate surface area is 130 Å². The monoisotopic (exact) mass is 297 g/mol. The Morgan fingerprint density at radius 2 is 1.91 bits per heavy atom. The van der Waals surface area contributed by atoms with E-state index in [0.29, 0.717) is 6.54 Å². The highest BCUT2D eigenvalue weighted by atomic mass is 16.5. The van der Waals surface area contributed by atoms with Gasteiger partial charge in [0.25, 0.3) is 0 Å². The molecule has 4 heteroatoms. The molecule has 2 aromatic rings. The number of nitrogens with one attached hydrogen (secondary N) is 1.